The van der Waals surface area contributed by atoms with Gasteiger partial charge in [-0.05, 0) is 25.8 Å². The van der Waals surface area contributed by atoms with Crippen molar-refractivity contribution in [2.24, 2.45) is 5.73 Å². The third kappa shape index (κ3) is 34.6. The van der Waals surface area contributed by atoms with Gasteiger partial charge in [-0.1, -0.05) is 0 Å². The summed E-state index contributed by atoms with van der Waals surface area (Å²) in [6.07, 6.45) is -103. The van der Waals surface area contributed by atoms with Gasteiger partial charge in [0, 0.05) is 34.3 Å². The van der Waals surface area contributed by atoms with Crippen molar-refractivity contribution in [2.75, 3.05) is 39.6 Å². The number of aliphatic hydroxyl groups excluding tert-OH is 9. The number of ether oxygens (including phenoxy) is 16. The monoisotopic (exact) mass is 2260 g/mol. The van der Waals surface area contributed by atoms with Gasteiger partial charge in [-0.15, -0.1) is 0 Å². The van der Waals surface area contributed by atoms with Crippen molar-refractivity contribution in [1.82, 2.24) is 21.3 Å². The van der Waals surface area contributed by atoms with E-state index >= 15 is 0 Å². The number of hydrogen-bond donors (Lipinski definition) is 26. The predicted octanol–water partition coefficient (Wildman–Crippen LogP) is -17.7. The largest absolute Gasteiger partial charge is 0.479 e. The Morgan fingerprint density at radius 2 is 0.476 bits per heavy atom. The van der Waals surface area contributed by atoms with Gasteiger partial charge in [-0.25, -0.2) is 52.6 Å². The maximum absolute atomic E-state index is 13.6. The fourth-order valence-corrected chi connectivity index (χ4v) is 18.4. The third-order valence-corrected chi connectivity index (χ3v) is 24.5. The standard InChI is InChI=1S/C61H97N5O69S8/c1-14(67)63-22-27(72)26(71)18(10-113-136(88,89)90)117-54(22)124-39-32(77)43(133-141(103,104)105)59(129-47(39)51(82)83)121-36-20(12-115-138(94,95)96)119-56(24(29(36)74)65-16(3)69)126-41-34(79)45(135-143(109,110)111)61(131-49(41)53(86)87)123-37-21(13-116-139(97,98)99)120-57(25(30(37)75)66-17(4)70)127-40-33(78)44(134-142(106,107)108)60(130-48(40)52(84)85)122-35-19(11-114-137(91,92)93)118-55(23(28(35)73)64-15(2)68)125-38-31(76)42(132-140(100,101)102)58(128-46(38)50(80)81)112-9-7-5-6-8-62/h18-49,54-61,71-79H,5-13,62H2,1-4H3,(H,63,67)(H,64,68)(H,65,69)(H,66,70)(H,80,81)(H,82,83)(H,84,85)(H,86,87)(H,88,89,90)(H,91,92,93)(H,94,95,96)(H,97,98,99)(H,100,101,102)(H,103,104,105)(H,106,107,108)(H,109,110,111)/t18-,19-,20-,21-,22-,23-,24-,25-,26-,27-,28-,29-,30-,31+,32+,33+,34+,35-,36-,37-,38+,39+,40+,41+,42-,43-,44-,45-,46+,47-,48-,49+,54-,55-,56-,57-,58-,59-,60-,61-/m1/s1. The topological polar surface area (TPSA) is 1130 Å². The van der Waals surface area contributed by atoms with Crippen LogP contribution in [0.25, 0.3) is 0 Å². The molecule has 0 saturated carbocycles. The highest BCUT2D eigenvalue weighted by Crippen LogP contribution is 2.42. The number of amides is 4. The number of unbranched alkanes of at least 4 members (excludes halogenated alkanes) is 2. The second-order valence-corrected chi connectivity index (χ2v) is 39.8. The highest BCUT2D eigenvalue weighted by atomic mass is 32.3. The smallest absolute Gasteiger partial charge is 0.397 e. The van der Waals surface area contributed by atoms with Gasteiger partial charge in [-0.2, -0.15) is 67.3 Å². The minimum Gasteiger partial charge on any atom is -0.479 e. The number of carboxylic acid groups (broad SMARTS) is 4. The van der Waals surface area contributed by atoms with Gasteiger partial charge in [0.05, 0.1) is 26.4 Å². The normalized spacial score (nSPS) is 38.4. The summed E-state index contributed by atoms with van der Waals surface area (Å²) < 4.78 is 401. The van der Waals surface area contributed by atoms with Crippen LogP contribution in [0, 0.1) is 0 Å². The zero-order valence-corrected chi connectivity index (χ0v) is 78.8. The first-order valence-corrected chi connectivity index (χ1v) is 50.9. The van der Waals surface area contributed by atoms with Gasteiger partial charge < -0.3 is 169 Å². The predicted molar refractivity (Wildman–Crippen MR) is 423 cm³/mol. The van der Waals surface area contributed by atoms with Crippen molar-refractivity contribution in [3.8, 4) is 0 Å². The Morgan fingerprint density at radius 3 is 0.699 bits per heavy atom. The van der Waals surface area contributed by atoms with Crippen molar-refractivity contribution in [3.63, 3.8) is 0 Å². The summed E-state index contributed by atoms with van der Waals surface area (Å²) in [6, 6.07) is -10.0. The fourth-order valence-electron chi connectivity index (χ4n) is 15.2. The number of nitrogens with two attached hydrogens (primary N) is 1. The van der Waals surface area contributed by atoms with E-state index in [2.05, 4.69) is 33.5 Å². The Balaban J connectivity index is 1.12. The van der Waals surface area contributed by atoms with E-state index in [9.17, 15) is 209 Å². The highest BCUT2D eigenvalue weighted by molar-refractivity contribution is 7.82. The zero-order valence-electron chi connectivity index (χ0n) is 72.3. The van der Waals surface area contributed by atoms with Crippen LogP contribution in [-0.4, -0.2) is 503 Å². The molecule has 8 aliphatic heterocycles. The van der Waals surface area contributed by atoms with E-state index in [1.807, 2.05) is 21.3 Å². The molecule has 8 aliphatic rings. The summed E-state index contributed by atoms with van der Waals surface area (Å²) in [7, 11) is -47.6. The van der Waals surface area contributed by atoms with E-state index in [0.717, 1.165) is 6.92 Å². The molecule has 8 heterocycles. The number of nitrogens with one attached hydrogen (secondary N) is 4. The minimum absolute atomic E-state index is 0.0945. The Labute approximate surface area is 803 Å². The Kier molecular flexibility index (Phi) is 42.3. The lowest BCUT2D eigenvalue weighted by Crippen LogP contribution is -2.71. The Hall–Kier alpha value is -6.32. The van der Waals surface area contributed by atoms with Crippen LogP contribution in [-0.2, 0) is 231 Å². The number of rotatable bonds is 48. The molecule has 0 radical (unpaired) electrons. The molecule has 4 amide bonds. The summed E-state index contributed by atoms with van der Waals surface area (Å²) in [5, 5.41) is 157. The van der Waals surface area contributed by atoms with Crippen molar-refractivity contribution >= 4 is 131 Å². The molecular weight excluding hydrogens is 2160 g/mol. The molecule has 27 N–H and O–H groups in total. The number of aliphatic carboxylic acids is 4. The molecule has 82 heteroatoms. The Bertz CT molecular complexity index is 5390. The van der Waals surface area contributed by atoms with Crippen molar-refractivity contribution < 1.29 is 318 Å². The lowest BCUT2D eigenvalue weighted by Gasteiger charge is -2.51. The average Bonchev–Trinajstić information content (AvgIpc) is 0.753. The highest BCUT2D eigenvalue weighted by Gasteiger charge is 2.65. The van der Waals surface area contributed by atoms with Crippen LogP contribution in [0.5, 0.6) is 0 Å². The summed E-state index contributed by atoms with van der Waals surface area (Å²) >= 11 is 0. The molecule has 0 aromatic carbocycles. The number of hydrogen-bond acceptors (Lipinski definition) is 58. The van der Waals surface area contributed by atoms with E-state index in [1.165, 1.54) is 0 Å². The van der Waals surface area contributed by atoms with Gasteiger partial charge >= 0.3 is 107 Å². The molecule has 0 aromatic rings. The molecule has 828 valence electrons. The summed E-state index contributed by atoms with van der Waals surface area (Å²) in [4.78, 5) is 105. The number of aliphatic hydroxyl groups is 9. The Morgan fingerprint density at radius 1 is 0.259 bits per heavy atom. The first kappa shape index (κ1) is 122. The van der Waals surface area contributed by atoms with Gasteiger partial charge in [0.2, 0.25) is 23.6 Å². The SMILES string of the molecule is CC(=O)N[C@H]1[C@@H](O[C@H]2[C@H](O)[C@@H](OS(=O)(=O)O)[C@H](O[C@H]3[C@H](O)[C@@H](NC(C)=O)[C@@H](O[C@H]4[C@H](O)[C@@H](OS(=O)(=O)O)[C@H](OCCCCCN)O[C@@H]4C(=O)O)O[C@@H]3COS(=O)(=O)O)O[C@H]2C(=O)O)O[C@H](COS(=O)(=O)O)[C@@H](O[C@@H]2O[C@H](C(=O)O)[C@@H](O[C@H]3O[C@H](COS(=O)(=O)O)[C@@H](O[C@@H]4O[C@@H](C(=O)O)[C@@H](O[C@H]5O[C@H](COS(=O)(=O)O)[C@@H](O)[C@H](O)[C@H]5NC(C)=O)[C@H](O)[C@H]4OS(=O)(=O)O)[C@H](O)[C@H]3NC(C)=O)[C@H](O)[C@H]2OS(=O)(=O)O)[C@@H]1O. The number of carboxylic acids is 4. The van der Waals surface area contributed by atoms with Crippen LogP contribution in [0.3, 0.4) is 0 Å². The molecular formula is C61H97N5O69S8. The second kappa shape index (κ2) is 49.6. The van der Waals surface area contributed by atoms with Gasteiger partial charge in [0.1, 0.15) is 146 Å². The molecule has 0 spiro atoms. The lowest BCUT2D eigenvalue weighted by atomic mass is 9.93. The van der Waals surface area contributed by atoms with E-state index in [-0.39, 0.29) is 13.0 Å². The molecule has 8 saturated heterocycles. The maximum Gasteiger partial charge on any atom is 0.397 e. The third-order valence-electron chi connectivity index (χ3n) is 20.9. The van der Waals surface area contributed by atoms with E-state index in [4.69, 9.17) is 81.5 Å². The zero-order chi connectivity index (χ0) is 108. The van der Waals surface area contributed by atoms with Crippen molar-refractivity contribution in [2.45, 2.75) is 292 Å². The molecule has 40 atom stereocenters. The molecule has 0 bridgehead atoms. The van der Waals surface area contributed by atoms with Crippen molar-refractivity contribution in [1.29, 1.82) is 0 Å². The van der Waals surface area contributed by atoms with E-state index < -0.39 is 409 Å². The molecule has 0 aliphatic carbocycles. The van der Waals surface area contributed by atoms with Gasteiger partial charge in [-0.3, -0.25) is 55.6 Å². The first-order valence-electron chi connectivity index (χ1n) is 40.0. The molecule has 0 unspecified atom stereocenters. The van der Waals surface area contributed by atoms with Crippen LogP contribution < -0.4 is 27.0 Å². The van der Waals surface area contributed by atoms with Crippen LogP contribution in [0.15, 0.2) is 0 Å². The average molecular weight is 2260 g/mol. The van der Waals surface area contributed by atoms with E-state index in [0.29, 0.717) is 33.6 Å². The number of carbonyl (C=O) groups excluding carboxylic acids is 4. The van der Waals surface area contributed by atoms with Crippen LogP contribution in [0.2, 0.25) is 0 Å². The van der Waals surface area contributed by atoms with Gasteiger partial charge in [0.25, 0.3) is 0 Å². The van der Waals surface area contributed by atoms with Crippen LogP contribution in [0.1, 0.15) is 47.0 Å². The summed E-state index contributed by atoms with van der Waals surface area (Å²) in [6.45, 7) is -4.81. The van der Waals surface area contributed by atoms with Crippen LogP contribution >= 0.6 is 0 Å². The van der Waals surface area contributed by atoms with Crippen LogP contribution in [0.4, 0.5) is 0 Å². The maximum atomic E-state index is 13.6. The second-order valence-electron chi connectivity index (χ2n) is 31.3. The fraction of sp³-hybridized carbons (Fsp3) is 0.869. The molecule has 74 nitrogen and oxygen atoms in total. The summed E-state index contributed by atoms with van der Waals surface area (Å²) in [5.41, 5.74) is 5.49. The number of carbonyl (C=O) groups is 8. The minimum atomic E-state index is -6.34. The molecule has 8 rings (SSSR count). The quantitative estimate of drug-likeness (QED) is 0.0199. The summed E-state index contributed by atoms with van der Waals surface area (Å²) in [5.74, 6) is -14.8. The lowest BCUT2D eigenvalue weighted by molar-refractivity contribution is -0.379. The molecule has 0 aromatic heterocycles. The van der Waals surface area contributed by atoms with Gasteiger partial charge in [0.15, 0.2) is 99.2 Å². The van der Waals surface area contributed by atoms with E-state index in [1.54, 1.807) is 0 Å². The molecule has 143 heavy (non-hydrogen) atoms. The van der Waals surface area contributed by atoms with Crippen molar-refractivity contribution in [3.05, 3.63) is 0 Å². The molecule has 8 fully saturated rings. The first-order chi connectivity index (χ1) is 65.7.